The van der Waals surface area contributed by atoms with Gasteiger partial charge in [0.05, 0.1) is 15.4 Å². The summed E-state index contributed by atoms with van der Waals surface area (Å²) < 4.78 is 18.9. The van der Waals surface area contributed by atoms with E-state index in [1.807, 2.05) is 0 Å². The van der Waals surface area contributed by atoms with Crippen molar-refractivity contribution in [1.82, 2.24) is 5.16 Å². The Labute approximate surface area is 124 Å². The molecule has 6 heteroatoms. The van der Waals surface area contributed by atoms with Crippen LogP contribution in [0.3, 0.4) is 0 Å². The summed E-state index contributed by atoms with van der Waals surface area (Å²) in [4.78, 5) is 0. The number of rotatable bonds is 3. The number of nitrogens with zero attached hydrogens (tertiary/aromatic N) is 1. The normalized spacial score (nSPS) is 10.9. The first-order chi connectivity index (χ1) is 9.66. The molecule has 0 spiro atoms. The van der Waals surface area contributed by atoms with Gasteiger partial charge >= 0.3 is 0 Å². The van der Waals surface area contributed by atoms with Crippen LogP contribution in [0.15, 0.2) is 40.9 Å². The summed E-state index contributed by atoms with van der Waals surface area (Å²) in [7, 11) is 0. The minimum Gasteiger partial charge on any atom is -0.363 e. The van der Waals surface area contributed by atoms with Crippen LogP contribution in [0.2, 0.25) is 10.0 Å². The molecule has 0 aliphatic heterocycles. The Balaban J connectivity index is 1.89. The second-order valence-corrected chi connectivity index (χ2v) is 5.03. The molecule has 0 saturated carbocycles. The summed E-state index contributed by atoms with van der Waals surface area (Å²) in [6.07, 6.45) is 0. The van der Waals surface area contributed by atoms with Crippen LogP contribution in [0.4, 0.5) is 10.2 Å². The largest absolute Gasteiger partial charge is 0.363 e. The lowest BCUT2D eigenvalue weighted by atomic mass is 10.2. The third kappa shape index (κ3) is 2.32. The van der Waals surface area contributed by atoms with Crippen LogP contribution < -0.4 is 5.32 Å². The Bertz CT molecular complexity index is 773. The van der Waals surface area contributed by atoms with Crippen molar-refractivity contribution in [3.05, 3.63) is 57.8 Å². The molecule has 3 rings (SSSR count). The maximum atomic E-state index is 13.8. The molecule has 0 amide bonds. The van der Waals surface area contributed by atoms with Gasteiger partial charge in [-0.25, -0.2) is 4.39 Å². The lowest BCUT2D eigenvalue weighted by Crippen LogP contribution is -2.02. The number of fused-ring (bicyclic) bond motifs is 1. The molecule has 3 nitrogen and oxygen atoms in total. The predicted octanol–water partition coefficient (Wildman–Crippen LogP) is 4.89. The Morgan fingerprint density at radius 1 is 1.10 bits per heavy atom. The van der Waals surface area contributed by atoms with Gasteiger partial charge in [-0.3, -0.25) is 0 Å². The number of nitrogens with one attached hydrogen (secondary N) is 1. The van der Waals surface area contributed by atoms with Gasteiger partial charge in [-0.1, -0.05) is 46.6 Å². The van der Waals surface area contributed by atoms with Gasteiger partial charge in [-0.15, -0.1) is 0 Å². The van der Waals surface area contributed by atoms with Crippen molar-refractivity contribution in [3.8, 4) is 0 Å². The van der Waals surface area contributed by atoms with Gasteiger partial charge < -0.3 is 9.84 Å². The summed E-state index contributed by atoms with van der Waals surface area (Å²) in [5.41, 5.74) is 1.02. The van der Waals surface area contributed by atoms with Crippen LogP contribution in [-0.2, 0) is 6.54 Å². The molecule has 3 aromatic rings. The molecular formula is C14H9Cl2FN2O. The molecule has 0 unspecified atom stereocenters. The van der Waals surface area contributed by atoms with E-state index in [2.05, 4.69) is 10.5 Å². The zero-order valence-electron chi connectivity index (χ0n) is 10.2. The second kappa shape index (κ2) is 5.31. The van der Waals surface area contributed by atoms with E-state index in [1.165, 1.54) is 6.07 Å². The van der Waals surface area contributed by atoms with Gasteiger partial charge in [0.2, 0.25) is 0 Å². The molecule has 0 aliphatic carbocycles. The third-order valence-corrected chi connectivity index (χ3v) is 3.53. The van der Waals surface area contributed by atoms with E-state index in [0.717, 1.165) is 0 Å². The third-order valence-electron chi connectivity index (χ3n) is 2.93. The zero-order valence-corrected chi connectivity index (χ0v) is 11.7. The van der Waals surface area contributed by atoms with E-state index in [1.54, 1.807) is 30.3 Å². The number of anilines is 1. The standard InChI is InChI=1S/C14H9Cl2FN2O/c15-9-4-2-6-11-12(9)14(19-20-11)18-7-8-3-1-5-10(16)13(8)17/h1-6H,7H2,(H,18,19). The summed E-state index contributed by atoms with van der Waals surface area (Å²) in [6, 6.07) is 10.1. The van der Waals surface area contributed by atoms with E-state index < -0.39 is 5.82 Å². The highest BCUT2D eigenvalue weighted by Crippen LogP contribution is 2.30. The Morgan fingerprint density at radius 2 is 1.85 bits per heavy atom. The van der Waals surface area contributed by atoms with Crippen molar-refractivity contribution in [2.45, 2.75) is 6.54 Å². The smallest absolute Gasteiger partial charge is 0.179 e. The molecule has 0 bridgehead atoms. The number of halogens is 3. The van der Waals surface area contributed by atoms with Crippen molar-refractivity contribution in [2.75, 3.05) is 5.32 Å². The first kappa shape index (κ1) is 13.2. The first-order valence-corrected chi connectivity index (χ1v) is 6.63. The van der Waals surface area contributed by atoms with Gasteiger partial charge in [-0.2, -0.15) is 0 Å². The zero-order chi connectivity index (χ0) is 14.1. The van der Waals surface area contributed by atoms with E-state index in [0.29, 0.717) is 27.4 Å². The van der Waals surface area contributed by atoms with E-state index in [4.69, 9.17) is 27.7 Å². The molecule has 102 valence electrons. The van der Waals surface area contributed by atoms with Crippen molar-refractivity contribution in [3.63, 3.8) is 0 Å². The van der Waals surface area contributed by atoms with E-state index >= 15 is 0 Å². The molecule has 0 radical (unpaired) electrons. The molecule has 1 heterocycles. The van der Waals surface area contributed by atoms with Crippen molar-refractivity contribution in [1.29, 1.82) is 0 Å². The average molecular weight is 311 g/mol. The fourth-order valence-electron chi connectivity index (χ4n) is 1.94. The van der Waals surface area contributed by atoms with Crippen molar-refractivity contribution >= 4 is 40.0 Å². The molecule has 0 aliphatic rings. The van der Waals surface area contributed by atoms with Crippen LogP contribution in [-0.4, -0.2) is 5.16 Å². The topological polar surface area (TPSA) is 38.1 Å². The fourth-order valence-corrected chi connectivity index (χ4v) is 2.38. The van der Waals surface area contributed by atoms with Crippen LogP contribution in [0.25, 0.3) is 11.0 Å². The molecular weight excluding hydrogens is 302 g/mol. The summed E-state index contributed by atoms with van der Waals surface area (Å²) >= 11 is 11.8. The lowest BCUT2D eigenvalue weighted by Gasteiger charge is -2.06. The molecule has 0 atom stereocenters. The van der Waals surface area contributed by atoms with Gasteiger partial charge in [0.1, 0.15) is 5.82 Å². The minimum absolute atomic E-state index is 0.0901. The SMILES string of the molecule is Fc1c(Cl)cccc1CNc1noc2cccc(Cl)c12. The monoisotopic (exact) mass is 310 g/mol. The van der Waals surface area contributed by atoms with Crippen LogP contribution in [0.1, 0.15) is 5.56 Å². The highest BCUT2D eigenvalue weighted by molar-refractivity contribution is 6.36. The fraction of sp³-hybridized carbons (Fsp3) is 0.0714. The quantitative estimate of drug-likeness (QED) is 0.748. The predicted molar refractivity (Wildman–Crippen MR) is 77.8 cm³/mol. The van der Waals surface area contributed by atoms with Gasteiger partial charge in [0.25, 0.3) is 0 Å². The molecule has 0 saturated heterocycles. The van der Waals surface area contributed by atoms with E-state index in [9.17, 15) is 4.39 Å². The van der Waals surface area contributed by atoms with Crippen LogP contribution in [0.5, 0.6) is 0 Å². The average Bonchev–Trinajstić information content (AvgIpc) is 2.85. The molecule has 1 aromatic heterocycles. The number of hydrogen-bond donors (Lipinski definition) is 1. The Hall–Kier alpha value is -1.78. The minimum atomic E-state index is -0.444. The Kier molecular flexibility index (Phi) is 3.51. The summed E-state index contributed by atoms with van der Waals surface area (Å²) in [5, 5.41) is 8.20. The lowest BCUT2D eigenvalue weighted by molar-refractivity contribution is 0.459. The maximum absolute atomic E-state index is 13.8. The van der Waals surface area contributed by atoms with Crippen LogP contribution in [0, 0.1) is 5.82 Å². The maximum Gasteiger partial charge on any atom is 0.179 e. The summed E-state index contributed by atoms with van der Waals surface area (Å²) in [6.45, 7) is 0.235. The first-order valence-electron chi connectivity index (χ1n) is 5.87. The molecule has 0 fully saturated rings. The van der Waals surface area contributed by atoms with Crippen molar-refractivity contribution in [2.24, 2.45) is 0 Å². The highest BCUT2D eigenvalue weighted by atomic mass is 35.5. The van der Waals surface area contributed by atoms with Crippen LogP contribution >= 0.6 is 23.2 Å². The van der Waals surface area contributed by atoms with Gasteiger partial charge in [0, 0.05) is 12.1 Å². The van der Waals surface area contributed by atoms with Gasteiger partial charge in [-0.05, 0) is 18.2 Å². The Morgan fingerprint density at radius 3 is 2.70 bits per heavy atom. The van der Waals surface area contributed by atoms with E-state index in [-0.39, 0.29) is 11.6 Å². The summed E-state index contributed by atoms with van der Waals surface area (Å²) in [5.74, 6) is 0.0329. The highest BCUT2D eigenvalue weighted by Gasteiger charge is 2.12. The number of benzene rings is 2. The molecule has 2 aromatic carbocycles. The van der Waals surface area contributed by atoms with Crippen molar-refractivity contribution < 1.29 is 8.91 Å². The van der Waals surface area contributed by atoms with Gasteiger partial charge in [0.15, 0.2) is 11.4 Å². The molecule has 1 N–H and O–H groups in total. The molecule has 20 heavy (non-hydrogen) atoms. The second-order valence-electron chi connectivity index (χ2n) is 4.21. The number of aromatic nitrogens is 1. The number of hydrogen-bond acceptors (Lipinski definition) is 3.